The highest BCUT2D eigenvalue weighted by molar-refractivity contribution is 5.81. The fourth-order valence-corrected chi connectivity index (χ4v) is 3.07. The molecule has 0 saturated heterocycles. The van der Waals surface area contributed by atoms with Crippen molar-refractivity contribution in [2.75, 3.05) is 20.7 Å². The molecular formula is C14H26N2O2. The number of nitrogens with zero attached hydrogens (tertiary/aromatic N) is 1. The quantitative estimate of drug-likeness (QED) is 0.756. The van der Waals surface area contributed by atoms with Crippen molar-refractivity contribution in [2.24, 2.45) is 0 Å². The Morgan fingerprint density at radius 1 is 1.44 bits per heavy atom. The van der Waals surface area contributed by atoms with Gasteiger partial charge in [0.2, 0.25) is 0 Å². The van der Waals surface area contributed by atoms with Crippen LogP contribution in [-0.2, 0) is 9.53 Å². The molecule has 2 aliphatic carbocycles. The van der Waals surface area contributed by atoms with Crippen LogP contribution in [0.15, 0.2) is 0 Å². The van der Waals surface area contributed by atoms with Crippen molar-refractivity contribution in [1.29, 1.82) is 0 Å². The van der Waals surface area contributed by atoms with Crippen LogP contribution < -0.4 is 5.32 Å². The SMILES string of the molecule is CCN(C)C1CCCC(NC2CC2)(C(=O)OC)C1. The first kappa shape index (κ1) is 13.8. The highest BCUT2D eigenvalue weighted by Gasteiger charge is 2.47. The number of carbonyl (C=O) groups is 1. The molecule has 0 amide bonds. The van der Waals surface area contributed by atoms with Gasteiger partial charge in [-0.3, -0.25) is 10.1 Å². The summed E-state index contributed by atoms with van der Waals surface area (Å²) in [7, 11) is 3.65. The van der Waals surface area contributed by atoms with Gasteiger partial charge in [-0.1, -0.05) is 6.92 Å². The molecule has 0 radical (unpaired) electrons. The fourth-order valence-electron chi connectivity index (χ4n) is 3.07. The van der Waals surface area contributed by atoms with Crippen LogP contribution in [-0.4, -0.2) is 49.2 Å². The van der Waals surface area contributed by atoms with Crippen LogP contribution in [0.4, 0.5) is 0 Å². The van der Waals surface area contributed by atoms with Gasteiger partial charge in [0.25, 0.3) is 0 Å². The molecule has 2 atom stereocenters. The molecule has 2 unspecified atom stereocenters. The number of nitrogens with one attached hydrogen (secondary N) is 1. The number of esters is 1. The molecule has 0 heterocycles. The number of carbonyl (C=O) groups excluding carboxylic acids is 1. The van der Waals surface area contributed by atoms with Gasteiger partial charge in [-0.2, -0.15) is 0 Å². The Balaban J connectivity index is 2.09. The Hall–Kier alpha value is -0.610. The van der Waals surface area contributed by atoms with Crippen molar-refractivity contribution in [3.63, 3.8) is 0 Å². The Bertz CT molecular complexity index is 304. The highest BCUT2D eigenvalue weighted by Crippen LogP contribution is 2.35. The molecule has 104 valence electrons. The Kier molecular flexibility index (Phi) is 4.28. The second-order valence-electron chi connectivity index (χ2n) is 5.82. The summed E-state index contributed by atoms with van der Waals surface area (Å²) in [5, 5.41) is 3.56. The molecule has 1 N–H and O–H groups in total. The van der Waals surface area contributed by atoms with E-state index in [1.165, 1.54) is 26.4 Å². The summed E-state index contributed by atoms with van der Waals surface area (Å²) in [5.74, 6) is -0.0661. The van der Waals surface area contributed by atoms with Crippen LogP contribution in [0.3, 0.4) is 0 Å². The van der Waals surface area contributed by atoms with Gasteiger partial charge in [0, 0.05) is 12.1 Å². The van der Waals surface area contributed by atoms with E-state index in [1.807, 2.05) is 0 Å². The molecule has 0 aromatic carbocycles. The molecule has 4 nitrogen and oxygen atoms in total. The number of ether oxygens (including phenoxy) is 1. The van der Waals surface area contributed by atoms with E-state index in [9.17, 15) is 4.79 Å². The van der Waals surface area contributed by atoms with Gasteiger partial charge in [0.1, 0.15) is 5.54 Å². The minimum absolute atomic E-state index is 0.0661. The molecule has 2 rings (SSSR count). The number of methoxy groups -OCH3 is 1. The highest BCUT2D eigenvalue weighted by atomic mass is 16.5. The van der Waals surface area contributed by atoms with Gasteiger partial charge in [0.05, 0.1) is 7.11 Å². The van der Waals surface area contributed by atoms with Crippen LogP contribution in [0, 0.1) is 0 Å². The zero-order chi connectivity index (χ0) is 13.2. The summed E-state index contributed by atoms with van der Waals surface area (Å²) in [6.45, 7) is 3.20. The van der Waals surface area contributed by atoms with Gasteiger partial charge >= 0.3 is 5.97 Å². The first-order chi connectivity index (χ1) is 8.61. The molecule has 0 bridgehead atoms. The van der Waals surface area contributed by atoms with Crippen LogP contribution in [0.5, 0.6) is 0 Å². The topological polar surface area (TPSA) is 41.6 Å². The third kappa shape index (κ3) is 2.86. The molecule has 2 aliphatic rings. The van der Waals surface area contributed by atoms with Crippen molar-refractivity contribution in [3.8, 4) is 0 Å². The van der Waals surface area contributed by atoms with E-state index < -0.39 is 5.54 Å². The maximum atomic E-state index is 12.2. The molecule has 0 spiro atoms. The van der Waals surface area contributed by atoms with E-state index >= 15 is 0 Å². The fraction of sp³-hybridized carbons (Fsp3) is 0.929. The maximum Gasteiger partial charge on any atom is 0.326 e. The largest absolute Gasteiger partial charge is 0.468 e. The van der Waals surface area contributed by atoms with Crippen LogP contribution in [0.25, 0.3) is 0 Å². The normalized spacial score (nSPS) is 32.6. The van der Waals surface area contributed by atoms with Crippen LogP contribution in [0.1, 0.15) is 45.4 Å². The number of hydrogen-bond acceptors (Lipinski definition) is 4. The van der Waals surface area contributed by atoms with E-state index in [2.05, 4.69) is 24.2 Å². The van der Waals surface area contributed by atoms with E-state index in [-0.39, 0.29) is 5.97 Å². The molecular weight excluding hydrogens is 228 g/mol. The van der Waals surface area contributed by atoms with Gasteiger partial charge < -0.3 is 9.64 Å². The van der Waals surface area contributed by atoms with E-state index in [4.69, 9.17) is 4.74 Å². The molecule has 18 heavy (non-hydrogen) atoms. The van der Waals surface area contributed by atoms with Gasteiger partial charge in [-0.15, -0.1) is 0 Å². The Morgan fingerprint density at radius 3 is 2.72 bits per heavy atom. The molecule has 0 aromatic heterocycles. The number of rotatable bonds is 5. The first-order valence-corrected chi connectivity index (χ1v) is 7.17. The van der Waals surface area contributed by atoms with Crippen molar-refractivity contribution in [1.82, 2.24) is 10.2 Å². The second kappa shape index (κ2) is 5.57. The molecule has 0 aliphatic heterocycles. The maximum absolute atomic E-state index is 12.2. The van der Waals surface area contributed by atoms with Gasteiger partial charge in [-0.05, 0) is 52.1 Å². The van der Waals surface area contributed by atoms with Crippen LogP contribution in [0.2, 0.25) is 0 Å². The summed E-state index contributed by atoms with van der Waals surface area (Å²) in [6.07, 6.45) is 6.50. The van der Waals surface area contributed by atoms with Crippen LogP contribution >= 0.6 is 0 Å². The minimum atomic E-state index is -0.428. The predicted molar refractivity (Wildman–Crippen MR) is 71.5 cm³/mol. The zero-order valence-corrected chi connectivity index (χ0v) is 11.9. The predicted octanol–water partition coefficient (Wildman–Crippen LogP) is 1.54. The average Bonchev–Trinajstić information content (AvgIpc) is 3.20. The number of hydrogen-bond donors (Lipinski definition) is 1. The van der Waals surface area contributed by atoms with Crippen molar-refractivity contribution >= 4 is 5.97 Å². The molecule has 4 heteroatoms. The Morgan fingerprint density at radius 2 is 2.17 bits per heavy atom. The minimum Gasteiger partial charge on any atom is -0.468 e. The zero-order valence-electron chi connectivity index (χ0n) is 11.9. The summed E-state index contributed by atoms with van der Waals surface area (Å²) in [5.41, 5.74) is -0.428. The molecule has 2 fully saturated rings. The first-order valence-electron chi connectivity index (χ1n) is 7.17. The lowest BCUT2D eigenvalue weighted by molar-refractivity contribution is -0.151. The average molecular weight is 254 g/mol. The van der Waals surface area contributed by atoms with Crippen molar-refractivity contribution in [2.45, 2.75) is 63.1 Å². The van der Waals surface area contributed by atoms with E-state index in [1.54, 1.807) is 0 Å². The standard InChI is InChI=1S/C14H26N2O2/c1-4-16(2)12-6-5-9-14(10-12,13(17)18-3)15-11-7-8-11/h11-12,15H,4-10H2,1-3H3. The van der Waals surface area contributed by atoms with E-state index in [0.29, 0.717) is 12.1 Å². The third-order valence-electron chi connectivity index (χ3n) is 4.48. The smallest absolute Gasteiger partial charge is 0.326 e. The second-order valence-corrected chi connectivity index (χ2v) is 5.82. The van der Waals surface area contributed by atoms with Crippen molar-refractivity contribution < 1.29 is 9.53 Å². The summed E-state index contributed by atoms with van der Waals surface area (Å²) in [6, 6.07) is 1.03. The van der Waals surface area contributed by atoms with Gasteiger partial charge in [0.15, 0.2) is 0 Å². The van der Waals surface area contributed by atoms with Crippen molar-refractivity contribution in [3.05, 3.63) is 0 Å². The summed E-state index contributed by atoms with van der Waals surface area (Å²) < 4.78 is 5.06. The summed E-state index contributed by atoms with van der Waals surface area (Å²) in [4.78, 5) is 14.6. The molecule has 0 aromatic rings. The lowest BCUT2D eigenvalue weighted by Crippen LogP contribution is -2.59. The Labute approximate surface area is 110 Å². The molecule has 2 saturated carbocycles. The lowest BCUT2D eigenvalue weighted by Gasteiger charge is -2.42. The monoisotopic (exact) mass is 254 g/mol. The van der Waals surface area contributed by atoms with Gasteiger partial charge in [-0.25, -0.2) is 0 Å². The summed E-state index contributed by atoms with van der Waals surface area (Å²) >= 11 is 0. The lowest BCUT2D eigenvalue weighted by atomic mass is 9.78. The van der Waals surface area contributed by atoms with E-state index in [0.717, 1.165) is 25.8 Å². The third-order valence-corrected chi connectivity index (χ3v) is 4.48.